The van der Waals surface area contributed by atoms with E-state index in [0.29, 0.717) is 12.4 Å². The number of nitrogens with one attached hydrogen (secondary N) is 1. The molecule has 1 saturated carbocycles. The van der Waals surface area contributed by atoms with E-state index in [1.165, 1.54) is 0 Å². The minimum absolute atomic E-state index is 0.108. The van der Waals surface area contributed by atoms with E-state index < -0.39 is 5.41 Å². The number of aromatic nitrogens is 3. The summed E-state index contributed by atoms with van der Waals surface area (Å²) in [6, 6.07) is 0. The van der Waals surface area contributed by atoms with Crippen LogP contribution in [0.3, 0.4) is 0 Å². The highest BCUT2D eigenvalue weighted by atomic mass is 32.1. The quantitative estimate of drug-likeness (QED) is 0.692. The molecule has 1 heterocycles. The van der Waals surface area contributed by atoms with Gasteiger partial charge in [-0.1, -0.05) is 12.2 Å². The van der Waals surface area contributed by atoms with Crippen molar-refractivity contribution in [2.45, 2.75) is 19.4 Å². The van der Waals surface area contributed by atoms with E-state index in [9.17, 15) is 4.79 Å². The van der Waals surface area contributed by atoms with Crippen molar-refractivity contribution in [2.24, 2.45) is 18.2 Å². The lowest BCUT2D eigenvalue weighted by Crippen LogP contribution is -2.39. The second-order valence-electron chi connectivity index (χ2n) is 3.99. The molecule has 0 unspecified atom stereocenters. The number of rotatable bonds is 4. The van der Waals surface area contributed by atoms with Crippen LogP contribution in [0.4, 0.5) is 0 Å². The van der Waals surface area contributed by atoms with Gasteiger partial charge in [0.15, 0.2) is 5.82 Å². The van der Waals surface area contributed by atoms with Crippen molar-refractivity contribution in [2.75, 3.05) is 0 Å². The van der Waals surface area contributed by atoms with Gasteiger partial charge in [0.25, 0.3) is 0 Å². The Morgan fingerprint density at radius 1 is 1.75 bits per heavy atom. The standard InChI is InChI=1S/C9H13N5OS/c1-14-5-12-13-6(14)4-11-8(15)9(2-3-9)7(10)16/h5H,2-4H2,1H3,(H2,10,16)(H,11,15). The Balaban J connectivity index is 1.95. The summed E-state index contributed by atoms with van der Waals surface area (Å²) in [5.41, 5.74) is 4.95. The fraction of sp³-hybridized carbons (Fsp3) is 0.556. The number of nitrogens with zero attached hydrogens (tertiary/aromatic N) is 3. The maximum absolute atomic E-state index is 11.8. The van der Waals surface area contributed by atoms with Crippen LogP contribution in [-0.2, 0) is 18.4 Å². The fourth-order valence-electron chi connectivity index (χ4n) is 1.51. The van der Waals surface area contributed by atoms with Gasteiger partial charge >= 0.3 is 0 Å². The lowest BCUT2D eigenvalue weighted by atomic mass is 10.1. The van der Waals surface area contributed by atoms with Gasteiger partial charge in [-0.2, -0.15) is 0 Å². The first-order valence-electron chi connectivity index (χ1n) is 4.97. The van der Waals surface area contributed by atoms with E-state index in [0.717, 1.165) is 12.8 Å². The molecule has 1 aliphatic carbocycles. The molecule has 0 bridgehead atoms. The Hall–Kier alpha value is -1.50. The van der Waals surface area contributed by atoms with E-state index in [1.54, 1.807) is 10.9 Å². The van der Waals surface area contributed by atoms with Crippen LogP contribution < -0.4 is 11.1 Å². The lowest BCUT2D eigenvalue weighted by Gasteiger charge is -2.12. The average molecular weight is 239 g/mol. The molecule has 1 aromatic rings. The number of amides is 1. The molecule has 0 saturated heterocycles. The maximum Gasteiger partial charge on any atom is 0.233 e. The van der Waals surface area contributed by atoms with Crippen molar-refractivity contribution >= 4 is 23.1 Å². The molecular weight excluding hydrogens is 226 g/mol. The van der Waals surface area contributed by atoms with Crippen molar-refractivity contribution in [1.29, 1.82) is 0 Å². The van der Waals surface area contributed by atoms with Gasteiger partial charge in [-0.15, -0.1) is 10.2 Å². The number of carbonyl (C=O) groups is 1. The Kier molecular flexibility index (Phi) is 2.63. The average Bonchev–Trinajstić information content (AvgIpc) is 2.95. The first kappa shape index (κ1) is 11.0. The maximum atomic E-state index is 11.8. The Morgan fingerprint density at radius 3 is 2.88 bits per heavy atom. The summed E-state index contributed by atoms with van der Waals surface area (Å²) in [5, 5.41) is 10.4. The topological polar surface area (TPSA) is 85.8 Å². The zero-order valence-corrected chi connectivity index (χ0v) is 9.75. The number of thiocarbonyl (C=S) groups is 1. The Bertz CT molecular complexity index is 437. The molecule has 1 amide bonds. The van der Waals surface area contributed by atoms with E-state index >= 15 is 0 Å². The van der Waals surface area contributed by atoms with E-state index in [4.69, 9.17) is 18.0 Å². The van der Waals surface area contributed by atoms with Gasteiger partial charge in [-0.3, -0.25) is 4.79 Å². The highest BCUT2D eigenvalue weighted by molar-refractivity contribution is 7.80. The Labute approximate surface area is 98.2 Å². The first-order chi connectivity index (χ1) is 7.56. The summed E-state index contributed by atoms with van der Waals surface area (Å²) in [4.78, 5) is 12.1. The summed E-state index contributed by atoms with van der Waals surface area (Å²) in [6.07, 6.45) is 3.07. The summed E-state index contributed by atoms with van der Waals surface area (Å²) < 4.78 is 1.75. The fourth-order valence-corrected chi connectivity index (χ4v) is 1.80. The van der Waals surface area contributed by atoms with Gasteiger partial charge < -0.3 is 15.6 Å². The minimum Gasteiger partial charge on any atom is -0.392 e. The number of carbonyl (C=O) groups excluding carboxylic acids is 1. The molecule has 6 nitrogen and oxygen atoms in total. The van der Waals surface area contributed by atoms with Gasteiger partial charge in [-0.05, 0) is 12.8 Å². The van der Waals surface area contributed by atoms with E-state index in [2.05, 4.69) is 15.5 Å². The van der Waals surface area contributed by atoms with Crippen LogP contribution in [0.15, 0.2) is 6.33 Å². The van der Waals surface area contributed by atoms with Crippen LogP contribution in [0.5, 0.6) is 0 Å². The highest BCUT2D eigenvalue weighted by Crippen LogP contribution is 2.46. The molecular formula is C9H13N5OS. The summed E-state index contributed by atoms with van der Waals surface area (Å²) >= 11 is 4.89. The molecule has 0 atom stereocenters. The van der Waals surface area contributed by atoms with Crippen molar-refractivity contribution < 1.29 is 4.79 Å². The second-order valence-corrected chi connectivity index (χ2v) is 4.43. The van der Waals surface area contributed by atoms with Crippen LogP contribution in [0, 0.1) is 5.41 Å². The minimum atomic E-state index is -0.603. The molecule has 0 radical (unpaired) electrons. The van der Waals surface area contributed by atoms with Crippen LogP contribution in [0.25, 0.3) is 0 Å². The Morgan fingerprint density at radius 2 is 2.44 bits per heavy atom. The highest BCUT2D eigenvalue weighted by Gasteiger charge is 2.52. The molecule has 1 fully saturated rings. The molecule has 0 aromatic carbocycles. The summed E-state index contributed by atoms with van der Waals surface area (Å²) in [6.45, 7) is 0.347. The monoisotopic (exact) mass is 239 g/mol. The van der Waals surface area contributed by atoms with Crippen LogP contribution in [0.1, 0.15) is 18.7 Å². The van der Waals surface area contributed by atoms with Crippen LogP contribution >= 0.6 is 12.2 Å². The van der Waals surface area contributed by atoms with Crippen molar-refractivity contribution in [1.82, 2.24) is 20.1 Å². The molecule has 86 valence electrons. The summed E-state index contributed by atoms with van der Waals surface area (Å²) in [7, 11) is 1.82. The molecule has 0 spiro atoms. The number of hydrogen-bond donors (Lipinski definition) is 2. The summed E-state index contributed by atoms with van der Waals surface area (Å²) in [5.74, 6) is 0.593. The van der Waals surface area contributed by atoms with Gasteiger partial charge in [0.1, 0.15) is 6.33 Å². The third kappa shape index (κ3) is 1.78. The zero-order valence-electron chi connectivity index (χ0n) is 8.93. The third-order valence-corrected chi connectivity index (χ3v) is 3.26. The predicted octanol–water partition coefficient (Wildman–Crippen LogP) is -0.502. The van der Waals surface area contributed by atoms with Crippen LogP contribution in [0.2, 0.25) is 0 Å². The van der Waals surface area contributed by atoms with E-state index in [1.807, 2.05) is 7.05 Å². The molecule has 2 rings (SSSR count). The van der Waals surface area contributed by atoms with Crippen molar-refractivity contribution in [3.05, 3.63) is 12.2 Å². The first-order valence-corrected chi connectivity index (χ1v) is 5.38. The molecule has 1 aliphatic rings. The number of aryl methyl sites for hydroxylation is 1. The number of hydrogen-bond acceptors (Lipinski definition) is 4. The second kappa shape index (κ2) is 3.82. The predicted molar refractivity (Wildman–Crippen MR) is 61.3 cm³/mol. The lowest BCUT2D eigenvalue weighted by molar-refractivity contribution is -0.124. The largest absolute Gasteiger partial charge is 0.392 e. The van der Waals surface area contributed by atoms with Crippen molar-refractivity contribution in [3.8, 4) is 0 Å². The molecule has 7 heteroatoms. The normalized spacial score (nSPS) is 16.8. The molecule has 3 N–H and O–H groups in total. The van der Waals surface area contributed by atoms with Gasteiger partial charge in [0.05, 0.1) is 16.9 Å². The molecule has 0 aliphatic heterocycles. The number of nitrogens with two attached hydrogens (primary N) is 1. The van der Waals surface area contributed by atoms with Gasteiger partial charge in [0.2, 0.25) is 5.91 Å². The smallest absolute Gasteiger partial charge is 0.233 e. The van der Waals surface area contributed by atoms with Gasteiger partial charge in [-0.25, -0.2) is 0 Å². The molecule has 1 aromatic heterocycles. The molecule has 16 heavy (non-hydrogen) atoms. The SMILES string of the molecule is Cn1cnnc1CNC(=O)C1(C(N)=S)CC1. The third-order valence-electron chi connectivity index (χ3n) is 2.87. The van der Waals surface area contributed by atoms with E-state index in [-0.39, 0.29) is 10.9 Å². The van der Waals surface area contributed by atoms with Gasteiger partial charge in [0, 0.05) is 7.05 Å². The van der Waals surface area contributed by atoms with Crippen LogP contribution in [-0.4, -0.2) is 25.7 Å². The van der Waals surface area contributed by atoms with Crippen molar-refractivity contribution in [3.63, 3.8) is 0 Å². The zero-order chi connectivity index (χ0) is 11.8.